The van der Waals surface area contributed by atoms with E-state index in [4.69, 9.17) is 11.6 Å². The summed E-state index contributed by atoms with van der Waals surface area (Å²) < 4.78 is 1.69. The van der Waals surface area contributed by atoms with E-state index in [1.165, 1.54) is 6.33 Å². The molecule has 1 aromatic heterocycles. The lowest BCUT2D eigenvalue weighted by Gasteiger charge is -2.11. The maximum Gasteiger partial charge on any atom is 0.150 e. The molecule has 0 fully saturated rings. The van der Waals surface area contributed by atoms with Crippen LogP contribution in [-0.2, 0) is 0 Å². The maximum absolute atomic E-state index is 6.11. The highest BCUT2D eigenvalue weighted by molar-refractivity contribution is 9.11. The number of nitrogens with zero attached hydrogens (tertiary/aromatic N) is 2. The summed E-state index contributed by atoms with van der Waals surface area (Å²) in [7, 11) is 1.79. The summed E-state index contributed by atoms with van der Waals surface area (Å²) >= 11 is 13.0. The molecular formula is C11H9Br2ClN4. The van der Waals surface area contributed by atoms with Crippen molar-refractivity contribution in [2.45, 2.75) is 0 Å². The first-order chi connectivity index (χ1) is 8.61. The lowest BCUT2D eigenvalue weighted by Crippen LogP contribution is -2.00. The third-order valence-corrected chi connectivity index (χ3v) is 3.78. The zero-order valence-corrected chi connectivity index (χ0v) is 13.3. The highest BCUT2D eigenvalue weighted by Crippen LogP contribution is 2.32. The topological polar surface area (TPSA) is 49.8 Å². The van der Waals surface area contributed by atoms with Gasteiger partial charge >= 0.3 is 0 Å². The van der Waals surface area contributed by atoms with Gasteiger partial charge < -0.3 is 10.6 Å². The quantitative estimate of drug-likeness (QED) is 0.811. The van der Waals surface area contributed by atoms with E-state index in [0.717, 1.165) is 14.6 Å². The van der Waals surface area contributed by atoms with Gasteiger partial charge in [0.15, 0.2) is 0 Å². The minimum atomic E-state index is 0.620. The van der Waals surface area contributed by atoms with Crippen LogP contribution < -0.4 is 10.6 Å². The molecule has 2 rings (SSSR count). The molecule has 18 heavy (non-hydrogen) atoms. The van der Waals surface area contributed by atoms with Crippen LogP contribution in [0.1, 0.15) is 0 Å². The molecular weight excluding hydrogens is 383 g/mol. The molecule has 94 valence electrons. The zero-order chi connectivity index (χ0) is 13.1. The molecule has 0 spiro atoms. The lowest BCUT2D eigenvalue weighted by molar-refractivity contribution is 1.14. The fourth-order valence-corrected chi connectivity index (χ4v) is 2.38. The van der Waals surface area contributed by atoms with Gasteiger partial charge in [0, 0.05) is 11.5 Å². The van der Waals surface area contributed by atoms with Crippen molar-refractivity contribution in [1.29, 1.82) is 0 Å². The third-order valence-electron chi connectivity index (χ3n) is 2.21. The van der Waals surface area contributed by atoms with Crippen LogP contribution in [0.3, 0.4) is 0 Å². The summed E-state index contributed by atoms with van der Waals surface area (Å²) in [4.78, 5) is 8.26. The van der Waals surface area contributed by atoms with Crippen molar-refractivity contribution in [3.63, 3.8) is 0 Å². The number of rotatable bonds is 3. The van der Waals surface area contributed by atoms with Gasteiger partial charge in [0.1, 0.15) is 22.4 Å². The summed E-state index contributed by atoms with van der Waals surface area (Å²) in [6, 6.07) is 5.57. The number of halogens is 3. The van der Waals surface area contributed by atoms with Crippen molar-refractivity contribution in [1.82, 2.24) is 9.97 Å². The van der Waals surface area contributed by atoms with Crippen LogP contribution in [0.2, 0.25) is 5.02 Å². The molecule has 0 saturated carbocycles. The third kappa shape index (κ3) is 2.93. The van der Waals surface area contributed by atoms with Crippen LogP contribution in [0.25, 0.3) is 0 Å². The normalized spacial score (nSPS) is 10.2. The van der Waals surface area contributed by atoms with Gasteiger partial charge in [-0.05, 0) is 34.1 Å². The number of nitrogens with one attached hydrogen (secondary N) is 2. The highest BCUT2D eigenvalue weighted by Gasteiger charge is 2.09. The average Bonchev–Trinajstić information content (AvgIpc) is 2.36. The Hall–Kier alpha value is -0.850. The monoisotopic (exact) mass is 390 g/mol. The largest absolute Gasteiger partial charge is 0.372 e. The fourth-order valence-electron chi connectivity index (χ4n) is 1.35. The van der Waals surface area contributed by atoms with Gasteiger partial charge in [0.2, 0.25) is 0 Å². The minimum absolute atomic E-state index is 0.620. The highest BCUT2D eigenvalue weighted by atomic mass is 79.9. The molecule has 1 aromatic carbocycles. The smallest absolute Gasteiger partial charge is 0.150 e. The molecule has 0 atom stereocenters. The lowest BCUT2D eigenvalue weighted by atomic mass is 10.3. The van der Waals surface area contributed by atoms with E-state index in [1.54, 1.807) is 7.05 Å². The summed E-state index contributed by atoms with van der Waals surface area (Å²) in [5, 5.41) is 6.74. The second-order valence-corrected chi connectivity index (χ2v) is 5.50. The average molecular weight is 392 g/mol. The Morgan fingerprint density at radius 3 is 2.61 bits per heavy atom. The van der Waals surface area contributed by atoms with Gasteiger partial charge in [-0.3, -0.25) is 0 Å². The van der Waals surface area contributed by atoms with E-state index >= 15 is 0 Å². The molecule has 0 bridgehead atoms. The van der Waals surface area contributed by atoms with Crippen LogP contribution in [0.5, 0.6) is 0 Å². The van der Waals surface area contributed by atoms with Crippen LogP contribution in [0.15, 0.2) is 33.5 Å². The van der Waals surface area contributed by atoms with Crippen LogP contribution >= 0.6 is 43.5 Å². The van der Waals surface area contributed by atoms with Crippen molar-refractivity contribution in [3.8, 4) is 0 Å². The molecule has 0 unspecified atom stereocenters. The summed E-state index contributed by atoms with van der Waals surface area (Å²) in [6.45, 7) is 0. The Bertz CT molecular complexity index is 577. The number of benzene rings is 1. The Labute approximate surface area is 126 Å². The number of hydrogen-bond donors (Lipinski definition) is 2. The number of anilines is 3. The van der Waals surface area contributed by atoms with Crippen molar-refractivity contribution in [2.24, 2.45) is 0 Å². The van der Waals surface area contributed by atoms with Crippen LogP contribution in [0.4, 0.5) is 17.3 Å². The molecule has 2 N–H and O–H groups in total. The first-order valence-electron chi connectivity index (χ1n) is 5.02. The molecule has 1 heterocycles. The summed E-state index contributed by atoms with van der Waals surface area (Å²) in [5.74, 6) is 1.35. The van der Waals surface area contributed by atoms with Crippen LogP contribution in [0, 0.1) is 0 Å². The van der Waals surface area contributed by atoms with Crippen molar-refractivity contribution >= 4 is 60.8 Å². The first-order valence-corrected chi connectivity index (χ1v) is 6.98. The van der Waals surface area contributed by atoms with Gasteiger partial charge in [-0.25, -0.2) is 9.97 Å². The first kappa shape index (κ1) is 13.6. The van der Waals surface area contributed by atoms with Gasteiger partial charge in [-0.15, -0.1) is 0 Å². The minimum Gasteiger partial charge on any atom is -0.372 e. The Kier molecular flexibility index (Phi) is 4.42. The molecule has 0 aliphatic carbocycles. The van der Waals surface area contributed by atoms with Gasteiger partial charge in [0.25, 0.3) is 0 Å². The number of aromatic nitrogens is 2. The predicted molar refractivity (Wildman–Crippen MR) is 81.7 cm³/mol. The molecule has 2 aromatic rings. The van der Waals surface area contributed by atoms with Gasteiger partial charge in [-0.1, -0.05) is 27.5 Å². The Morgan fingerprint density at radius 1 is 1.17 bits per heavy atom. The fraction of sp³-hybridized carbons (Fsp3) is 0.0909. The van der Waals surface area contributed by atoms with Crippen molar-refractivity contribution < 1.29 is 0 Å². The standard InChI is InChI=1S/C11H9Br2ClN4/c1-15-10-9(13)11(17-5-16-10)18-8-4-6(12)2-3-7(8)14/h2-5H,1H3,(H2,15,16,17,18). The molecule has 0 aliphatic heterocycles. The summed E-state index contributed by atoms with van der Waals surface area (Å²) in [5.41, 5.74) is 0.771. The summed E-state index contributed by atoms with van der Waals surface area (Å²) in [6.07, 6.45) is 1.48. The molecule has 0 amide bonds. The molecule has 0 aliphatic rings. The van der Waals surface area contributed by atoms with E-state index in [9.17, 15) is 0 Å². The van der Waals surface area contributed by atoms with E-state index in [1.807, 2.05) is 18.2 Å². The Morgan fingerprint density at radius 2 is 1.89 bits per heavy atom. The van der Waals surface area contributed by atoms with Crippen molar-refractivity contribution in [3.05, 3.63) is 38.5 Å². The molecule has 4 nitrogen and oxygen atoms in total. The van der Waals surface area contributed by atoms with E-state index in [-0.39, 0.29) is 0 Å². The SMILES string of the molecule is CNc1ncnc(Nc2cc(Br)ccc2Cl)c1Br. The molecule has 7 heteroatoms. The van der Waals surface area contributed by atoms with Crippen LogP contribution in [-0.4, -0.2) is 17.0 Å². The van der Waals surface area contributed by atoms with E-state index < -0.39 is 0 Å². The Balaban J connectivity index is 2.37. The number of hydrogen-bond acceptors (Lipinski definition) is 4. The predicted octanol–water partition coefficient (Wildman–Crippen LogP) is 4.44. The second-order valence-electron chi connectivity index (χ2n) is 3.38. The van der Waals surface area contributed by atoms with Gasteiger partial charge in [-0.2, -0.15) is 0 Å². The van der Waals surface area contributed by atoms with Crippen molar-refractivity contribution in [2.75, 3.05) is 17.7 Å². The zero-order valence-electron chi connectivity index (χ0n) is 9.34. The van der Waals surface area contributed by atoms with Gasteiger partial charge in [0.05, 0.1) is 10.7 Å². The molecule has 0 saturated heterocycles. The van der Waals surface area contributed by atoms with E-state index in [2.05, 4.69) is 52.5 Å². The molecule has 0 radical (unpaired) electrons. The maximum atomic E-state index is 6.11. The second kappa shape index (κ2) is 5.86. The van der Waals surface area contributed by atoms with E-state index in [0.29, 0.717) is 16.7 Å².